The lowest BCUT2D eigenvalue weighted by Gasteiger charge is -2.09. The van der Waals surface area contributed by atoms with Crippen LogP contribution in [0.1, 0.15) is 21.5 Å². The summed E-state index contributed by atoms with van der Waals surface area (Å²) >= 11 is 0. The van der Waals surface area contributed by atoms with Gasteiger partial charge in [0.15, 0.2) is 0 Å². The fourth-order valence-electron chi connectivity index (χ4n) is 1.76. The molecule has 0 aliphatic heterocycles. The standard InChI is InChI=1S/C15H13N3O2/c1-20-15(19)13-6-3-7-17-14(13)18-10-12-5-2-4-11(8-12)9-16/h2-8H,10H2,1H3,(H,17,18). The first-order valence-corrected chi connectivity index (χ1v) is 6.01. The summed E-state index contributed by atoms with van der Waals surface area (Å²) in [6.45, 7) is 0.469. The predicted octanol–water partition coefficient (Wildman–Crippen LogP) is 2.35. The molecule has 0 bridgehead atoms. The molecule has 0 amide bonds. The minimum Gasteiger partial charge on any atom is -0.465 e. The normalized spacial score (nSPS) is 9.60. The van der Waals surface area contributed by atoms with Gasteiger partial charge in [-0.05, 0) is 29.8 Å². The highest BCUT2D eigenvalue weighted by molar-refractivity contribution is 5.94. The molecule has 5 heteroatoms. The predicted molar refractivity (Wildman–Crippen MR) is 74.1 cm³/mol. The van der Waals surface area contributed by atoms with Gasteiger partial charge in [0.1, 0.15) is 11.4 Å². The molecule has 5 nitrogen and oxygen atoms in total. The molecule has 0 aliphatic rings. The maximum Gasteiger partial charge on any atom is 0.341 e. The number of esters is 1. The number of carbonyl (C=O) groups is 1. The first-order chi connectivity index (χ1) is 9.74. The van der Waals surface area contributed by atoms with Gasteiger partial charge in [-0.25, -0.2) is 9.78 Å². The van der Waals surface area contributed by atoms with Crippen LogP contribution >= 0.6 is 0 Å². The number of aromatic nitrogens is 1. The average molecular weight is 267 g/mol. The number of nitriles is 1. The van der Waals surface area contributed by atoms with E-state index in [4.69, 9.17) is 10.00 Å². The van der Waals surface area contributed by atoms with Crippen LogP contribution in [0.15, 0.2) is 42.6 Å². The van der Waals surface area contributed by atoms with Crippen LogP contribution in [0, 0.1) is 11.3 Å². The minimum absolute atomic E-state index is 0.381. The molecule has 20 heavy (non-hydrogen) atoms. The molecule has 1 heterocycles. The van der Waals surface area contributed by atoms with Crippen LogP contribution in [0.3, 0.4) is 0 Å². The van der Waals surface area contributed by atoms with Crippen molar-refractivity contribution >= 4 is 11.8 Å². The summed E-state index contributed by atoms with van der Waals surface area (Å²) in [6.07, 6.45) is 1.60. The summed E-state index contributed by atoms with van der Waals surface area (Å²) in [5.41, 5.74) is 1.91. The lowest BCUT2D eigenvalue weighted by molar-refractivity contribution is 0.0601. The smallest absolute Gasteiger partial charge is 0.341 e. The Labute approximate surface area is 116 Å². The molecule has 0 saturated carbocycles. The number of carbonyl (C=O) groups excluding carboxylic acids is 1. The number of methoxy groups -OCH3 is 1. The zero-order chi connectivity index (χ0) is 14.4. The molecular formula is C15H13N3O2. The molecule has 0 aliphatic carbocycles. The molecule has 0 radical (unpaired) electrons. The number of benzene rings is 1. The van der Waals surface area contributed by atoms with E-state index in [9.17, 15) is 4.79 Å². The quantitative estimate of drug-likeness (QED) is 0.861. The third-order valence-electron chi connectivity index (χ3n) is 2.73. The minimum atomic E-state index is -0.439. The SMILES string of the molecule is COC(=O)c1cccnc1NCc1cccc(C#N)c1. The Balaban J connectivity index is 2.15. The van der Waals surface area contributed by atoms with Crippen LogP contribution in [0.4, 0.5) is 5.82 Å². The summed E-state index contributed by atoms with van der Waals surface area (Å²) in [5.74, 6) is 0.0214. The number of hydrogen-bond donors (Lipinski definition) is 1. The molecule has 2 rings (SSSR count). The summed E-state index contributed by atoms with van der Waals surface area (Å²) in [7, 11) is 1.33. The van der Waals surface area contributed by atoms with E-state index in [0.717, 1.165) is 5.56 Å². The van der Waals surface area contributed by atoms with Gasteiger partial charge < -0.3 is 10.1 Å². The second-order valence-electron chi connectivity index (χ2n) is 4.06. The van der Waals surface area contributed by atoms with Crippen molar-refractivity contribution in [2.75, 3.05) is 12.4 Å². The number of ether oxygens (including phenoxy) is 1. The first kappa shape index (κ1) is 13.6. The fourth-order valence-corrected chi connectivity index (χ4v) is 1.76. The van der Waals surface area contributed by atoms with Crippen LogP contribution in [0.25, 0.3) is 0 Å². The Morgan fingerprint density at radius 3 is 3.00 bits per heavy atom. The van der Waals surface area contributed by atoms with Crippen LogP contribution < -0.4 is 5.32 Å². The highest BCUT2D eigenvalue weighted by Crippen LogP contribution is 2.14. The van der Waals surface area contributed by atoms with Crippen molar-refractivity contribution in [3.63, 3.8) is 0 Å². The van der Waals surface area contributed by atoms with Crippen molar-refractivity contribution in [2.45, 2.75) is 6.54 Å². The number of hydrogen-bond acceptors (Lipinski definition) is 5. The van der Waals surface area contributed by atoms with Crippen LogP contribution in [-0.4, -0.2) is 18.1 Å². The van der Waals surface area contributed by atoms with E-state index in [1.807, 2.05) is 12.1 Å². The lowest BCUT2D eigenvalue weighted by atomic mass is 10.1. The zero-order valence-corrected chi connectivity index (χ0v) is 11.0. The van der Waals surface area contributed by atoms with E-state index in [1.165, 1.54) is 7.11 Å². The molecule has 0 atom stereocenters. The molecule has 0 spiro atoms. The van der Waals surface area contributed by atoms with E-state index in [0.29, 0.717) is 23.5 Å². The van der Waals surface area contributed by atoms with Gasteiger partial charge in [0.05, 0.1) is 18.7 Å². The first-order valence-electron chi connectivity index (χ1n) is 6.01. The molecule has 1 aromatic carbocycles. The van der Waals surface area contributed by atoms with Gasteiger partial charge in [0.2, 0.25) is 0 Å². The van der Waals surface area contributed by atoms with Crippen molar-refractivity contribution < 1.29 is 9.53 Å². The molecule has 1 N–H and O–H groups in total. The number of pyridine rings is 1. The molecule has 1 aromatic heterocycles. The summed E-state index contributed by atoms with van der Waals surface area (Å²) in [4.78, 5) is 15.7. The largest absolute Gasteiger partial charge is 0.465 e. The maximum absolute atomic E-state index is 11.6. The zero-order valence-electron chi connectivity index (χ0n) is 11.0. The fraction of sp³-hybridized carbons (Fsp3) is 0.133. The summed E-state index contributed by atoms with van der Waals surface area (Å²) < 4.78 is 4.70. The topological polar surface area (TPSA) is 75.0 Å². The maximum atomic E-state index is 11.6. The molecule has 0 unspecified atom stereocenters. The summed E-state index contributed by atoms with van der Waals surface area (Å²) in [6, 6.07) is 12.6. The average Bonchev–Trinajstić information content (AvgIpc) is 2.52. The van der Waals surface area contributed by atoms with E-state index >= 15 is 0 Å². The molecule has 2 aromatic rings. The Kier molecular flexibility index (Phi) is 4.30. The Morgan fingerprint density at radius 2 is 2.25 bits per heavy atom. The van der Waals surface area contributed by atoms with Crippen molar-refractivity contribution in [1.29, 1.82) is 5.26 Å². The van der Waals surface area contributed by atoms with Gasteiger partial charge in [-0.15, -0.1) is 0 Å². The van der Waals surface area contributed by atoms with E-state index in [-0.39, 0.29) is 0 Å². The van der Waals surface area contributed by atoms with Crippen LogP contribution in [0.2, 0.25) is 0 Å². The Bertz CT molecular complexity index is 662. The monoisotopic (exact) mass is 267 g/mol. The van der Waals surface area contributed by atoms with E-state index in [2.05, 4.69) is 16.4 Å². The number of rotatable bonds is 4. The lowest BCUT2D eigenvalue weighted by Crippen LogP contribution is -2.09. The Hall–Kier alpha value is -2.87. The summed E-state index contributed by atoms with van der Waals surface area (Å²) in [5, 5.41) is 11.9. The second kappa shape index (κ2) is 6.34. The van der Waals surface area contributed by atoms with E-state index < -0.39 is 5.97 Å². The third kappa shape index (κ3) is 3.12. The van der Waals surface area contributed by atoms with Gasteiger partial charge in [-0.3, -0.25) is 0 Å². The van der Waals surface area contributed by atoms with Gasteiger partial charge >= 0.3 is 5.97 Å². The van der Waals surface area contributed by atoms with E-state index in [1.54, 1.807) is 30.5 Å². The van der Waals surface area contributed by atoms with Crippen LogP contribution in [-0.2, 0) is 11.3 Å². The number of nitrogens with zero attached hydrogens (tertiary/aromatic N) is 2. The number of nitrogens with one attached hydrogen (secondary N) is 1. The van der Waals surface area contributed by atoms with Crippen molar-refractivity contribution in [1.82, 2.24) is 4.98 Å². The van der Waals surface area contributed by atoms with Crippen LogP contribution in [0.5, 0.6) is 0 Å². The second-order valence-corrected chi connectivity index (χ2v) is 4.06. The van der Waals surface area contributed by atoms with Gasteiger partial charge in [-0.1, -0.05) is 12.1 Å². The van der Waals surface area contributed by atoms with Gasteiger partial charge in [0, 0.05) is 12.7 Å². The van der Waals surface area contributed by atoms with Crippen molar-refractivity contribution in [3.05, 3.63) is 59.3 Å². The molecule has 100 valence electrons. The third-order valence-corrected chi connectivity index (χ3v) is 2.73. The Morgan fingerprint density at radius 1 is 1.40 bits per heavy atom. The molecule has 0 fully saturated rings. The number of anilines is 1. The van der Waals surface area contributed by atoms with Crippen molar-refractivity contribution in [3.8, 4) is 6.07 Å². The van der Waals surface area contributed by atoms with Gasteiger partial charge in [0.25, 0.3) is 0 Å². The van der Waals surface area contributed by atoms with Crippen molar-refractivity contribution in [2.24, 2.45) is 0 Å². The highest BCUT2D eigenvalue weighted by Gasteiger charge is 2.11. The molecular weight excluding hydrogens is 254 g/mol. The van der Waals surface area contributed by atoms with Gasteiger partial charge in [-0.2, -0.15) is 5.26 Å². The highest BCUT2D eigenvalue weighted by atomic mass is 16.5. The molecule has 0 saturated heterocycles.